The highest BCUT2D eigenvalue weighted by molar-refractivity contribution is 6.31. The van der Waals surface area contributed by atoms with E-state index < -0.39 is 5.97 Å². The lowest BCUT2D eigenvalue weighted by molar-refractivity contribution is -0.137. The average Bonchev–Trinajstić information content (AvgIpc) is 3.33. The lowest BCUT2D eigenvalue weighted by atomic mass is 9.92. The second kappa shape index (κ2) is 9.71. The summed E-state index contributed by atoms with van der Waals surface area (Å²) in [6, 6.07) is 23.2. The van der Waals surface area contributed by atoms with Crippen LogP contribution in [0.5, 0.6) is 5.75 Å². The number of benzene rings is 3. The van der Waals surface area contributed by atoms with Gasteiger partial charge >= 0.3 is 5.97 Å². The standard InChI is InChI=1S/C26H22ClNO4/c1-17-22(6-3-7-24(17)27)20-5-2-4-18(14-20)16-31-21-10-8-19(9-11-21)23(15-26(29)30)25-12-13-32-28-25/h2-14,23H,15-16H2,1H3,(H,29,30). The molecule has 1 unspecified atom stereocenters. The predicted octanol–water partition coefficient (Wildman–Crippen LogP) is 6.49. The Morgan fingerprint density at radius 2 is 1.88 bits per heavy atom. The van der Waals surface area contributed by atoms with Gasteiger partial charge < -0.3 is 14.4 Å². The molecule has 1 N–H and O–H groups in total. The predicted molar refractivity (Wildman–Crippen MR) is 123 cm³/mol. The van der Waals surface area contributed by atoms with Crippen LogP contribution in [0.15, 0.2) is 83.6 Å². The van der Waals surface area contributed by atoms with Crippen LogP contribution in [0.4, 0.5) is 0 Å². The molecular weight excluding hydrogens is 426 g/mol. The molecule has 0 saturated heterocycles. The van der Waals surface area contributed by atoms with Crippen molar-refractivity contribution in [3.05, 3.63) is 106 Å². The van der Waals surface area contributed by atoms with Gasteiger partial charge in [-0.15, -0.1) is 0 Å². The van der Waals surface area contributed by atoms with E-state index in [0.717, 1.165) is 32.8 Å². The maximum absolute atomic E-state index is 11.3. The van der Waals surface area contributed by atoms with Gasteiger partial charge in [-0.25, -0.2) is 0 Å². The Kier molecular flexibility index (Phi) is 6.57. The van der Waals surface area contributed by atoms with Crippen LogP contribution >= 0.6 is 11.6 Å². The summed E-state index contributed by atoms with van der Waals surface area (Å²) in [5.74, 6) is -0.571. The molecule has 0 fully saturated rings. The number of hydrogen-bond acceptors (Lipinski definition) is 4. The number of carbonyl (C=O) groups is 1. The number of rotatable bonds is 8. The number of hydrogen-bond donors (Lipinski definition) is 1. The van der Waals surface area contributed by atoms with Crippen LogP contribution in [-0.4, -0.2) is 16.2 Å². The van der Waals surface area contributed by atoms with Crippen LogP contribution in [0.3, 0.4) is 0 Å². The van der Waals surface area contributed by atoms with Crippen molar-refractivity contribution in [1.82, 2.24) is 5.16 Å². The molecule has 162 valence electrons. The maximum Gasteiger partial charge on any atom is 0.304 e. The molecule has 0 spiro atoms. The molecule has 0 aliphatic carbocycles. The molecule has 1 aromatic heterocycles. The van der Waals surface area contributed by atoms with Crippen LogP contribution in [0, 0.1) is 6.92 Å². The quantitative estimate of drug-likeness (QED) is 0.334. The Balaban J connectivity index is 1.47. The van der Waals surface area contributed by atoms with Crippen LogP contribution in [0.25, 0.3) is 11.1 Å². The number of ether oxygens (including phenoxy) is 1. The topological polar surface area (TPSA) is 72.6 Å². The zero-order valence-electron chi connectivity index (χ0n) is 17.5. The van der Waals surface area contributed by atoms with Crippen molar-refractivity contribution in [3.63, 3.8) is 0 Å². The van der Waals surface area contributed by atoms with E-state index in [1.807, 2.05) is 55.5 Å². The van der Waals surface area contributed by atoms with Crippen molar-refractivity contribution in [2.75, 3.05) is 0 Å². The van der Waals surface area contributed by atoms with E-state index in [0.29, 0.717) is 18.1 Å². The molecular formula is C26H22ClNO4. The van der Waals surface area contributed by atoms with Crippen molar-refractivity contribution in [1.29, 1.82) is 0 Å². The van der Waals surface area contributed by atoms with Crippen LogP contribution in [0.1, 0.15) is 34.7 Å². The molecule has 1 atom stereocenters. The highest BCUT2D eigenvalue weighted by atomic mass is 35.5. The summed E-state index contributed by atoms with van der Waals surface area (Å²) >= 11 is 6.27. The van der Waals surface area contributed by atoms with E-state index in [4.69, 9.17) is 20.9 Å². The molecule has 6 heteroatoms. The number of aromatic nitrogens is 1. The first-order valence-corrected chi connectivity index (χ1v) is 10.6. The summed E-state index contributed by atoms with van der Waals surface area (Å²) in [6.07, 6.45) is 1.38. The second-order valence-electron chi connectivity index (χ2n) is 7.55. The van der Waals surface area contributed by atoms with E-state index in [9.17, 15) is 9.90 Å². The SMILES string of the molecule is Cc1c(Cl)cccc1-c1cccc(COc2ccc(C(CC(=O)O)c3ccon3)cc2)c1. The molecule has 0 bridgehead atoms. The molecule has 0 radical (unpaired) electrons. The largest absolute Gasteiger partial charge is 0.489 e. The fourth-order valence-electron chi connectivity index (χ4n) is 3.68. The third-order valence-electron chi connectivity index (χ3n) is 5.39. The molecule has 5 nitrogen and oxygen atoms in total. The van der Waals surface area contributed by atoms with E-state index in [2.05, 4.69) is 23.4 Å². The van der Waals surface area contributed by atoms with Gasteiger partial charge in [-0.3, -0.25) is 4.79 Å². The summed E-state index contributed by atoms with van der Waals surface area (Å²) in [5, 5.41) is 13.9. The summed E-state index contributed by atoms with van der Waals surface area (Å²) in [5.41, 5.74) is 5.70. The Morgan fingerprint density at radius 1 is 1.09 bits per heavy atom. The molecule has 3 aromatic carbocycles. The highest BCUT2D eigenvalue weighted by Gasteiger charge is 2.20. The smallest absolute Gasteiger partial charge is 0.304 e. The van der Waals surface area contributed by atoms with Gasteiger partial charge in [0, 0.05) is 17.0 Å². The first kappa shape index (κ1) is 21.7. The van der Waals surface area contributed by atoms with Crippen molar-refractivity contribution in [2.24, 2.45) is 0 Å². The number of aliphatic carboxylic acids is 1. The number of nitrogens with zero attached hydrogens (tertiary/aromatic N) is 1. The van der Waals surface area contributed by atoms with Crippen LogP contribution < -0.4 is 4.74 Å². The molecule has 0 saturated carbocycles. The van der Waals surface area contributed by atoms with Crippen LogP contribution in [0.2, 0.25) is 5.02 Å². The van der Waals surface area contributed by atoms with Crippen molar-refractivity contribution in [3.8, 4) is 16.9 Å². The minimum atomic E-state index is -0.895. The van der Waals surface area contributed by atoms with Crippen molar-refractivity contribution in [2.45, 2.75) is 25.9 Å². The third kappa shape index (κ3) is 5.01. The summed E-state index contributed by atoms with van der Waals surface area (Å²) in [4.78, 5) is 11.3. The van der Waals surface area contributed by atoms with Gasteiger partial charge in [-0.05, 0) is 59.0 Å². The summed E-state index contributed by atoms with van der Waals surface area (Å²) < 4.78 is 10.9. The van der Waals surface area contributed by atoms with Crippen LogP contribution in [-0.2, 0) is 11.4 Å². The monoisotopic (exact) mass is 447 g/mol. The number of carboxylic acids is 1. The van der Waals surface area contributed by atoms with E-state index >= 15 is 0 Å². The second-order valence-corrected chi connectivity index (χ2v) is 7.95. The van der Waals surface area contributed by atoms with Crippen molar-refractivity contribution < 1.29 is 19.2 Å². The number of carboxylic acid groups (broad SMARTS) is 1. The molecule has 4 rings (SSSR count). The zero-order chi connectivity index (χ0) is 22.5. The van der Waals surface area contributed by atoms with E-state index in [1.165, 1.54) is 6.26 Å². The fourth-order valence-corrected chi connectivity index (χ4v) is 3.86. The molecule has 0 amide bonds. The molecule has 4 aromatic rings. The highest BCUT2D eigenvalue weighted by Crippen LogP contribution is 2.30. The molecule has 0 aliphatic heterocycles. The van der Waals surface area contributed by atoms with Gasteiger partial charge in [-0.1, -0.05) is 59.2 Å². The Morgan fingerprint density at radius 3 is 2.59 bits per heavy atom. The lowest BCUT2D eigenvalue weighted by Crippen LogP contribution is -2.08. The van der Waals surface area contributed by atoms with Gasteiger partial charge in [0.05, 0.1) is 12.1 Å². The Labute approximate surface area is 191 Å². The van der Waals surface area contributed by atoms with Gasteiger partial charge in [0.2, 0.25) is 0 Å². The molecule has 1 heterocycles. The minimum absolute atomic E-state index is 0.0670. The van der Waals surface area contributed by atoms with Crippen molar-refractivity contribution >= 4 is 17.6 Å². The summed E-state index contributed by atoms with van der Waals surface area (Å²) in [6.45, 7) is 2.42. The van der Waals surface area contributed by atoms with Gasteiger partial charge in [0.1, 0.15) is 18.6 Å². The maximum atomic E-state index is 11.3. The first-order valence-electron chi connectivity index (χ1n) is 10.2. The third-order valence-corrected chi connectivity index (χ3v) is 5.80. The Hall–Kier alpha value is -3.57. The van der Waals surface area contributed by atoms with E-state index in [1.54, 1.807) is 6.07 Å². The Bertz CT molecular complexity index is 1200. The first-order chi connectivity index (χ1) is 15.5. The average molecular weight is 448 g/mol. The lowest BCUT2D eigenvalue weighted by Gasteiger charge is -2.14. The normalized spacial score (nSPS) is 11.8. The van der Waals surface area contributed by atoms with Gasteiger partial charge in [-0.2, -0.15) is 0 Å². The van der Waals surface area contributed by atoms with E-state index in [-0.39, 0.29) is 12.3 Å². The minimum Gasteiger partial charge on any atom is -0.489 e. The zero-order valence-corrected chi connectivity index (χ0v) is 18.3. The molecule has 0 aliphatic rings. The fraction of sp³-hybridized carbons (Fsp3) is 0.154. The van der Waals surface area contributed by atoms with Gasteiger partial charge in [0.25, 0.3) is 0 Å². The van der Waals surface area contributed by atoms with Gasteiger partial charge in [0.15, 0.2) is 0 Å². The summed E-state index contributed by atoms with van der Waals surface area (Å²) in [7, 11) is 0. The number of halogens is 1. The molecule has 32 heavy (non-hydrogen) atoms.